The summed E-state index contributed by atoms with van der Waals surface area (Å²) >= 11 is 3.41. The fourth-order valence-electron chi connectivity index (χ4n) is 4.24. The van der Waals surface area contributed by atoms with Crippen LogP contribution in [0.2, 0.25) is 0 Å². The summed E-state index contributed by atoms with van der Waals surface area (Å²) in [7, 11) is 0. The average Bonchev–Trinajstić information content (AvgIpc) is 2.85. The Hall–Kier alpha value is -3.32. The second-order valence-electron chi connectivity index (χ2n) is 8.98. The van der Waals surface area contributed by atoms with E-state index in [0.29, 0.717) is 29.4 Å². The lowest BCUT2D eigenvalue weighted by Gasteiger charge is -2.33. The highest BCUT2D eigenvalue weighted by atomic mass is 79.9. The van der Waals surface area contributed by atoms with E-state index < -0.39 is 0 Å². The number of hydrogen-bond acceptors (Lipinski definition) is 3. The Labute approximate surface area is 215 Å². The number of rotatable bonds is 7. The number of benzene rings is 3. The van der Waals surface area contributed by atoms with Crippen molar-refractivity contribution in [1.82, 2.24) is 5.32 Å². The molecule has 35 heavy (non-hydrogen) atoms. The largest absolute Gasteiger partial charge is 0.371 e. The Morgan fingerprint density at radius 3 is 2.34 bits per heavy atom. The summed E-state index contributed by atoms with van der Waals surface area (Å²) in [5, 5.41) is 8.75. The van der Waals surface area contributed by atoms with E-state index in [1.54, 1.807) is 6.07 Å². The molecule has 0 saturated carbocycles. The Morgan fingerprint density at radius 2 is 1.63 bits per heavy atom. The van der Waals surface area contributed by atoms with Gasteiger partial charge in [-0.25, -0.2) is 4.79 Å². The first-order chi connectivity index (χ1) is 17.0. The molecular weight excluding hydrogens is 504 g/mol. The zero-order chi connectivity index (χ0) is 24.6. The van der Waals surface area contributed by atoms with Crippen LogP contribution in [0.3, 0.4) is 0 Å². The highest BCUT2D eigenvalue weighted by Crippen LogP contribution is 2.29. The zero-order valence-electron chi connectivity index (χ0n) is 19.9. The third-order valence-corrected chi connectivity index (χ3v) is 6.74. The lowest BCUT2D eigenvalue weighted by Crippen LogP contribution is -2.35. The van der Waals surface area contributed by atoms with Crippen molar-refractivity contribution < 1.29 is 9.59 Å². The monoisotopic (exact) mass is 534 g/mol. The summed E-state index contributed by atoms with van der Waals surface area (Å²) < 4.78 is 0.880. The summed E-state index contributed by atoms with van der Waals surface area (Å²) in [6.07, 6.45) is 2.96. The van der Waals surface area contributed by atoms with Crippen molar-refractivity contribution in [2.75, 3.05) is 35.2 Å². The highest BCUT2D eigenvalue weighted by Gasteiger charge is 2.22. The first-order valence-electron chi connectivity index (χ1n) is 12.0. The molecule has 3 aromatic rings. The van der Waals surface area contributed by atoms with Crippen LogP contribution < -0.4 is 20.9 Å². The molecule has 1 aliphatic rings. The van der Waals surface area contributed by atoms with Gasteiger partial charge in [-0.05, 0) is 67.1 Å². The van der Waals surface area contributed by atoms with E-state index in [1.807, 2.05) is 54.6 Å². The standard InChI is InChI=1S/C28H31BrN4O2/c1-20-13-16-33(17-14-20)26-11-10-24(32-28(35)31-23-9-5-8-22(29)18-23)19-25(26)27(34)30-15-12-21-6-3-2-4-7-21/h2-11,18-20H,12-17H2,1H3,(H,30,34)(H2,31,32,35). The Balaban J connectivity index is 1.48. The van der Waals surface area contributed by atoms with E-state index >= 15 is 0 Å². The smallest absolute Gasteiger partial charge is 0.323 e. The third-order valence-electron chi connectivity index (χ3n) is 6.25. The predicted octanol–water partition coefficient (Wildman–Crippen LogP) is 6.30. The molecule has 1 saturated heterocycles. The van der Waals surface area contributed by atoms with Gasteiger partial charge in [-0.15, -0.1) is 0 Å². The Bertz CT molecular complexity index is 1160. The molecule has 0 spiro atoms. The van der Waals surface area contributed by atoms with Gasteiger partial charge in [-0.3, -0.25) is 4.79 Å². The summed E-state index contributed by atoms with van der Waals surface area (Å²) in [6.45, 7) is 4.65. The fraction of sp³-hybridized carbons (Fsp3) is 0.286. The number of urea groups is 1. The normalized spacial score (nSPS) is 13.8. The molecule has 1 heterocycles. The number of anilines is 3. The number of carbonyl (C=O) groups is 2. The van der Waals surface area contributed by atoms with Gasteiger partial charge in [-0.2, -0.15) is 0 Å². The van der Waals surface area contributed by atoms with Gasteiger partial charge in [-0.1, -0.05) is 59.3 Å². The highest BCUT2D eigenvalue weighted by molar-refractivity contribution is 9.10. The maximum Gasteiger partial charge on any atom is 0.323 e. The molecule has 4 rings (SSSR count). The molecule has 3 amide bonds. The van der Waals surface area contributed by atoms with E-state index in [4.69, 9.17) is 0 Å². The molecule has 0 radical (unpaired) electrons. The van der Waals surface area contributed by atoms with Crippen molar-refractivity contribution >= 4 is 44.9 Å². The molecule has 3 N–H and O–H groups in total. The summed E-state index contributed by atoms with van der Waals surface area (Å²) in [5.41, 5.74) is 3.91. The van der Waals surface area contributed by atoms with Gasteiger partial charge in [0.05, 0.1) is 5.56 Å². The van der Waals surface area contributed by atoms with Crippen LogP contribution in [0.5, 0.6) is 0 Å². The van der Waals surface area contributed by atoms with Crippen LogP contribution in [0.25, 0.3) is 0 Å². The molecular formula is C28H31BrN4O2. The summed E-state index contributed by atoms with van der Waals surface area (Å²) in [4.78, 5) is 28.1. The van der Waals surface area contributed by atoms with Crippen molar-refractivity contribution in [3.8, 4) is 0 Å². The van der Waals surface area contributed by atoms with E-state index in [0.717, 1.165) is 42.5 Å². The third kappa shape index (κ3) is 7.09. The SMILES string of the molecule is CC1CCN(c2ccc(NC(=O)Nc3cccc(Br)c3)cc2C(=O)NCCc2ccccc2)CC1. The number of nitrogens with one attached hydrogen (secondary N) is 3. The van der Waals surface area contributed by atoms with Gasteiger partial charge in [0.25, 0.3) is 5.91 Å². The Kier molecular flexibility index (Phi) is 8.42. The van der Waals surface area contributed by atoms with Crippen LogP contribution in [0.1, 0.15) is 35.7 Å². The van der Waals surface area contributed by atoms with Crippen LogP contribution >= 0.6 is 15.9 Å². The van der Waals surface area contributed by atoms with Gasteiger partial charge in [0.15, 0.2) is 0 Å². The molecule has 3 aromatic carbocycles. The maximum absolute atomic E-state index is 13.3. The van der Waals surface area contributed by atoms with Crippen molar-refractivity contribution in [2.24, 2.45) is 5.92 Å². The molecule has 1 aliphatic heterocycles. The quantitative estimate of drug-likeness (QED) is 0.333. The van der Waals surface area contributed by atoms with E-state index in [1.165, 1.54) is 5.56 Å². The van der Waals surface area contributed by atoms with Gasteiger partial charge >= 0.3 is 6.03 Å². The molecule has 0 atom stereocenters. The molecule has 7 heteroatoms. The number of amides is 3. The van der Waals surface area contributed by atoms with Crippen molar-refractivity contribution in [3.63, 3.8) is 0 Å². The maximum atomic E-state index is 13.3. The first kappa shape index (κ1) is 24.8. The lowest BCUT2D eigenvalue weighted by atomic mass is 9.97. The minimum absolute atomic E-state index is 0.134. The molecule has 1 fully saturated rings. The van der Waals surface area contributed by atoms with Gasteiger partial charge in [0.1, 0.15) is 0 Å². The Morgan fingerprint density at radius 1 is 0.914 bits per heavy atom. The summed E-state index contributed by atoms with van der Waals surface area (Å²) in [6, 6.07) is 22.7. The number of nitrogens with zero attached hydrogens (tertiary/aromatic N) is 1. The van der Waals surface area contributed by atoms with Gasteiger partial charge in [0, 0.05) is 41.2 Å². The first-order valence-corrected chi connectivity index (χ1v) is 12.8. The van der Waals surface area contributed by atoms with Crippen molar-refractivity contribution in [1.29, 1.82) is 0 Å². The number of carbonyl (C=O) groups excluding carboxylic acids is 2. The van der Waals surface area contributed by atoms with Crippen molar-refractivity contribution in [3.05, 3.63) is 88.4 Å². The summed E-state index contributed by atoms with van der Waals surface area (Å²) in [5.74, 6) is 0.558. The molecule has 0 aliphatic carbocycles. The average molecular weight is 535 g/mol. The van der Waals surface area contributed by atoms with Gasteiger partial charge < -0.3 is 20.9 Å². The molecule has 0 bridgehead atoms. The van der Waals surface area contributed by atoms with E-state index in [-0.39, 0.29) is 11.9 Å². The molecule has 0 unspecified atom stereocenters. The van der Waals surface area contributed by atoms with Crippen molar-refractivity contribution in [2.45, 2.75) is 26.2 Å². The lowest BCUT2D eigenvalue weighted by molar-refractivity contribution is 0.0954. The molecule has 6 nitrogen and oxygen atoms in total. The number of hydrogen-bond donors (Lipinski definition) is 3. The van der Waals surface area contributed by atoms with E-state index in [2.05, 4.69) is 55.8 Å². The number of halogens is 1. The van der Waals surface area contributed by atoms with Crippen LogP contribution in [-0.2, 0) is 6.42 Å². The van der Waals surface area contributed by atoms with Crippen LogP contribution in [0.4, 0.5) is 21.9 Å². The fourth-order valence-corrected chi connectivity index (χ4v) is 4.64. The van der Waals surface area contributed by atoms with E-state index in [9.17, 15) is 9.59 Å². The minimum atomic E-state index is -0.363. The van der Waals surface area contributed by atoms with Crippen LogP contribution in [0, 0.1) is 5.92 Å². The van der Waals surface area contributed by atoms with Gasteiger partial charge in [0.2, 0.25) is 0 Å². The second kappa shape index (κ2) is 11.9. The molecule has 0 aromatic heterocycles. The number of piperidine rings is 1. The van der Waals surface area contributed by atoms with Crippen LogP contribution in [-0.4, -0.2) is 31.6 Å². The minimum Gasteiger partial charge on any atom is -0.371 e. The molecule has 182 valence electrons. The topological polar surface area (TPSA) is 73.5 Å². The second-order valence-corrected chi connectivity index (χ2v) is 9.90. The predicted molar refractivity (Wildman–Crippen MR) is 146 cm³/mol. The zero-order valence-corrected chi connectivity index (χ0v) is 21.5. The van der Waals surface area contributed by atoms with Crippen LogP contribution in [0.15, 0.2) is 77.3 Å².